The number of benzene rings is 1. The van der Waals surface area contributed by atoms with Gasteiger partial charge in [0.25, 0.3) is 5.91 Å². The van der Waals surface area contributed by atoms with E-state index in [-0.39, 0.29) is 50.7 Å². The molecule has 174 valence electrons. The number of amides is 5. The number of carbonyl (C=O) groups is 4. The number of nitrogens with two attached hydrogens (primary N) is 1. The van der Waals surface area contributed by atoms with Crippen LogP contribution in [0.2, 0.25) is 0 Å². The van der Waals surface area contributed by atoms with Gasteiger partial charge in [-0.15, -0.1) is 0 Å². The Bertz CT molecular complexity index is 900. The van der Waals surface area contributed by atoms with Gasteiger partial charge in [-0.05, 0) is 26.3 Å². The summed E-state index contributed by atoms with van der Waals surface area (Å²) in [6.45, 7) is 5.48. The number of nitrogens with zero attached hydrogens (tertiary/aromatic N) is 3. The van der Waals surface area contributed by atoms with Gasteiger partial charge in [-0.3, -0.25) is 19.3 Å². The van der Waals surface area contributed by atoms with E-state index >= 15 is 0 Å². The first-order valence-corrected chi connectivity index (χ1v) is 10.5. The van der Waals surface area contributed by atoms with Gasteiger partial charge < -0.3 is 25.6 Å². The molecule has 0 bridgehead atoms. The molecule has 2 saturated heterocycles. The Morgan fingerprint density at radius 3 is 2.50 bits per heavy atom. The normalized spacial score (nSPS) is 22.1. The highest BCUT2D eigenvalue weighted by molar-refractivity contribution is 6.07. The summed E-state index contributed by atoms with van der Waals surface area (Å²) in [6, 6.07) is 8.12. The summed E-state index contributed by atoms with van der Waals surface area (Å²) in [5, 5.41) is 2.69. The van der Waals surface area contributed by atoms with Crippen LogP contribution in [0.25, 0.3) is 0 Å². The number of hydrogen-bond acceptors (Lipinski definition) is 6. The van der Waals surface area contributed by atoms with Crippen LogP contribution < -0.4 is 11.1 Å². The highest BCUT2D eigenvalue weighted by Gasteiger charge is 2.56. The first kappa shape index (κ1) is 23.7. The van der Waals surface area contributed by atoms with Gasteiger partial charge >= 0.3 is 6.03 Å². The summed E-state index contributed by atoms with van der Waals surface area (Å²) < 4.78 is 5.73. The molecule has 2 aliphatic rings. The molecule has 2 heterocycles. The molecule has 5 amide bonds. The number of imide groups is 1. The van der Waals surface area contributed by atoms with E-state index in [1.54, 1.807) is 20.8 Å². The Kier molecular flexibility index (Phi) is 6.56. The lowest BCUT2D eigenvalue weighted by atomic mass is 9.96. The summed E-state index contributed by atoms with van der Waals surface area (Å²) in [4.78, 5) is 54.9. The predicted molar refractivity (Wildman–Crippen MR) is 116 cm³/mol. The number of urea groups is 1. The average molecular weight is 446 g/mol. The van der Waals surface area contributed by atoms with Crippen molar-refractivity contribution in [2.24, 2.45) is 5.73 Å². The van der Waals surface area contributed by atoms with Gasteiger partial charge in [0.15, 0.2) is 0 Å². The van der Waals surface area contributed by atoms with Crippen molar-refractivity contribution in [3.8, 4) is 0 Å². The van der Waals surface area contributed by atoms with E-state index in [2.05, 4.69) is 5.32 Å². The maximum atomic E-state index is 13.4. The van der Waals surface area contributed by atoms with E-state index in [9.17, 15) is 19.2 Å². The molecule has 1 aromatic carbocycles. The minimum Gasteiger partial charge on any atom is -0.374 e. The van der Waals surface area contributed by atoms with Gasteiger partial charge in [0, 0.05) is 20.1 Å². The molecule has 3 rings (SSSR count). The first-order valence-electron chi connectivity index (χ1n) is 10.5. The van der Waals surface area contributed by atoms with Crippen molar-refractivity contribution in [2.45, 2.75) is 44.5 Å². The number of piperazine rings is 1. The summed E-state index contributed by atoms with van der Waals surface area (Å²) >= 11 is 0. The van der Waals surface area contributed by atoms with Crippen LogP contribution in [-0.4, -0.2) is 88.9 Å². The molecule has 10 nitrogen and oxygen atoms in total. The third-order valence-corrected chi connectivity index (χ3v) is 5.87. The summed E-state index contributed by atoms with van der Waals surface area (Å²) in [5.41, 5.74) is 4.51. The van der Waals surface area contributed by atoms with E-state index in [0.717, 1.165) is 10.5 Å². The lowest BCUT2D eigenvalue weighted by Gasteiger charge is -2.43. The topological polar surface area (TPSA) is 125 Å². The van der Waals surface area contributed by atoms with Crippen LogP contribution in [0.3, 0.4) is 0 Å². The second-order valence-electron chi connectivity index (χ2n) is 9.08. The number of ether oxygens (including phenoxy) is 1. The zero-order valence-corrected chi connectivity index (χ0v) is 19.0. The lowest BCUT2D eigenvalue weighted by molar-refractivity contribution is -0.145. The number of nitrogens with one attached hydrogen (secondary N) is 1. The van der Waals surface area contributed by atoms with E-state index < -0.39 is 23.0 Å². The molecule has 10 heteroatoms. The zero-order valence-electron chi connectivity index (χ0n) is 19.0. The van der Waals surface area contributed by atoms with Crippen molar-refractivity contribution in [3.05, 3.63) is 35.9 Å². The number of hydrogen-bond donors (Lipinski definition) is 2. The number of fused-ring (bicyclic) bond motifs is 1. The Balaban J connectivity index is 1.73. The molecule has 2 fully saturated rings. The molecular formula is C22H31N5O5. The Labute approximate surface area is 187 Å². The van der Waals surface area contributed by atoms with Gasteiger partial charge in [0.05, 0.1) is 25.3 Å². The third kappa shape index (κ3) is 4.61. The second kappa shape index (κ2) is 8.87. The Hall–Kier alpha value is -2.98. The van der Waals surface area contributed by atoms with Crippen LogP contribution in [0, 0.1) is 0 Å². The van der Waals surface area contributed by atoms with E-state index in [1.807, 2.05) is 30.3 Å². The molecule has 0 aromatic heterocycles. The maximum absolute atomic E-state index is 13.4. The zero-order chi connectivity index (χ0) is 23.7. The van der Waals surface area contributed by atoms with Crippen LogP contribution in [0.15, 0.2) is 30.3 Å². The minimum absolute atomic E-state index is 0.0395. The van der Waals surface area contributed by atoms with E-state index in [4.69, 9.17) is 10.5 Å². The molecule has 2 aliphatic heterocycles. The van der Waals surface area contributed by atoms with Crippen LogP contribution >= 0.6 is 0 Å². The molecule has 0 radical (unpaired) electrons. The van der Waals surface area contributed by atoms with Gasteiger partial charge in [0.2, 0.25) is 11.8 Å². The second-order valence-corrected chi connectivity index (χ2v) is 9.08. The van der Waals surface area contributed by atoms with Crippen molar-refractivity contribution in [1.82, 2.24) is 20.0 Å². The predicted octanol–water partition coefficient (Wildman–Crippen LogP) is -0.0798. The lowest BCUT2D eigenvalue weighted by Crippen LogP contribution is -2.65. The third-order valence-electron chi connectivity index (χ3n) is 5.87. The van der Waals surface area contributed by atoms with Crippen molar-refractivity contribution < 1.29 is 23.9 Å². The van der Waals surface area contributed by atoms with E-state index in [0.29, 0.717) is 0 Å². The Morgan fingerprint density at radius 1 is 1.22 bits per heavy atom. The average Bonchev–Trinajstić information content (AvgIpc) is 2.92. The van der Waals surface area contributed by atoms with Gasteiger partial charge in [-0.25, -0.2) is 4.79 Å². The van der Waals surface area contributed by atoms with E-state index in [1.165, 1.54) is 16.8 Å². The standard InChI is InChI=1S/C22H31N5O5/c1-21(2,23)18(29)24-16(13-32-12-15-8-6-5-7-9-15)17(28)26-10-11-27-20(31)25(4)19(30)22(27,3)14-26/h5-9,16H,10-14,23H2,1-4H3,(H,24,29)/t16-,22+/m1/s1. The smallest absolute Gasteiger partial charge is 0.327 e. The fraction of sp³-hybridized carbons (Fsp3) is 0.545. The van der Waals surface area contributed by atoms with Crippen LogP contribution in [0.1, 0.15) is 26.3 Å². The molecule has 32 heavy (non-hydrogen) atoms. The maximum Gasteiger partial charge on any atom is 0.327 e. The van der Waals surface area contributed by atoms with Crippen LogP contribution in [0.5, 0.6) is 0 Å². The van der Waals surface area contributed by atoms with Crippen LogP contribution in [-0.2, 0) is 25.7 Å². The highest BCUT2D eigenvalue weighted by Crippen LogP contribution is 2.31. The van der Waals surface area contributed by atoms with Gasteiger partial charge in [0.1, 0.15) is 11.6 Å². The molecule has 0 saturated carbocycles. The van der Waals surface area contributed by atoms with Crippen molar-refractivity contribution >= 4 is 23.8 Å². The summed E-state index contributed by atoms with van der Waals surface area (Å²) in [6.07, 6.45) is 0. The number of rotatable bonds is 7. The molecule has 3 N–H and O–H groups in total. The fourth-order valence-corrected chi connectivity index (χ4v) is 3.92. The number of carbonyl (C=O) groups excluding carboxylic acids is 4. The molecule has 1 aromatic rings. The largest absolute Gasteiger partial charge is 0.374 e. The minimum atomic E-state index is -1.18. The molecule has 0 spiro atoms. The summed E-state index contributed by atoms with van der Waals surface area (Å²) in [7, 11) is 1.43. The Morgan fingerprint density at radius 2 is 1.88 bits per heavy atom. The molecule has 0 aliphatic carbocycles. The van der Waals surface area contributed by atoms with Crippen LogP contribution in [0.4, 0.5) is 4.79 Å². The first-order chi connectivity index (χ1) is 14.9. The van der Waals surface area contributed by atoms with Crippen molar-refractivity contribution in [3.63, 3.8) is 0 Å². The fourth-order valence-electron chi connectivity index (χ4n) is 3.92. The monoisotopic (exact) mass is 445 g/mol. The van der Waals surface area contributed by atoms with Crippen molar-refractivity contribution in [1.29, 1.82) is 0 Å². The molecule has 2 atom stereocenters. The molecule has 0 unspecified atom stereocenters. The quantitative estimate of drug-likeness (QED) is 0.566. The highest BCUT2D eigenvalue weighted by atomic mass is 16.5. The molecular weight excluding hydrogens is 414 g/mol. The van der Waals surface area contributed by atoms with Crippen molar-refractivity contribution in [2.75, 3.05) is 33.3 Å². The van der Waals surface area contributed by atoms with Gasteiger partial charge in [-0.1, -0.05) is 30.3 Å². The number of likely N-dealkylation sites (N-methyl/N-ethyl adjacent to an activating group) is 1. The van der Waals surface area contributed by atoms with Gasteiger partial charge in [-0.2, -0.15) is 0 Å². The SMILES string of the molecule is CN1C(=O)N2CCN(C(=O)[C@@H](COCc3ccccc3)NC(=O)C(C)(C)N)C[C@@]2(C)C1=O. The summed E-state index contributed by atoms with van der Waals surface area (Å²) in [5.74, 6) is -1.23.